The molecular weight excluding hydrogens is 286 g/mol. The van der Waals surface area contributed by atoms with Crippen molar-refractivity contribution in [2.75, 3.05) is 20.2 Å². The quantitative estimate of drug-likeness (QED) is 0.870. The molecule has 1 saturated carbocycles. The highest BCUT2D eigenvalue weighted by molar-refractivity contribution is 6.30. The first kappa shape index (κ1) is 16.6. The monoisotopic (exact) mass is 311 g/mol. The van der Waals surface area contributed by atoms with E-state index in [-0.39, 0.29) is 0 Å². The number of rotatable bonds is 6. The molecule has 1 fully saturated rings. The molecular formula is C17H26ClNO2. The van der Waals surface area contributed by atoms with Gasteiger partial charge in [-0.05, 0) is 50.6 Å². The van der Waals surface area contributed by atoms with E-state index < -0.39 is 6.10 Å². The van der Waals surface area contributed by atoms with E-state index >= 15 is 0 Å². The van der Waals surface area contributed by atoms with Crippen LogP contribution in [0.1, 0.15) is 37.7 Å². The number of aliphatic hydroxyl groups excluding tert-OH is 1. The SMILES string of the molecule is Cc1cc(Cl)ccc1OC[C@@H](O)CN(C)C1CCCCC1. The molecule has 0 spiro atoms. The van der Waals surface area contributed by atoms with E-state index in [4.69, 9.17) is 16.3 Å². The first-order valence-corrected chi connectivity index (χ1v) is 8.21. The summed E-state index contributed by atoms with van der Waals surface area (Å²) < 4.78 is 5.71. The zero-order chi connectivity index (χ0) is 15.2. The summed E-state index contributed by atoms with van der Waals surface area (Å²) in [6.07, 6.45) is 6.01. The van der Waals surface area contributed by atoms with E-state index in [0.29, 0.717) is 24.2 Å². The maximum Gasteiger partial charge on any atom is 0.122 e. The second-order valence-electron chi connectivity index (χ2n) is 6.11. The lowest BCUT2D eigenvalue weighted by Crippen LogP contribution is -2.40. The third-order valence-electron chi connectivity index (χ3n) is 4.26. The van der Waals surface area contributed by atoms with Crippen molar-refractivity contribution >= 4 is 11.6 Å². The van der Waals surface area contributed by atoms with Crippen molar-refractivity contribution in [2.24, 2.45) is 0 Å². The van der Waals surface area contributed by atoms with E-state index in [1.807, 2.05) is 25.1 Å². The molecule has 0 amide bonds. The molecule has 1 aliphatic carbocycles. The zero-order valence-corrected chi connectivity index (χ0v) is 13.8. The van der Waals surface area contributed by atoms with Crippen LogP contribution in [0.25, 0.3) is 0 Å². The second kappa shape index (κ2) is 8.02. The summed E-state index contributed by atoms with van der Waals surface area (Å²) in [5, 5.41) is 10.9. The third kappa shape index (κ3) is 5.17. The van der Waals surface area contributed by atoms with Crippen LogP contribution in [0.4, 0.5) is 0 Å². The summed E-state index contributed by atoms with van der Waals surface area (Å²) >= 11 is 5.92. The molecule has 0 aromatic heterocycles. The topological polar surface area (TPSA) is 32.7 Å². The molecule has 21 heavy (non-hydrogen) atoms. The van der Waals surface area contributed by atoms with Gasteiger partial charge in [0.1, 0.15) is 18.5 Å². The molecule has 0 aliphatic heterocycles. The summed E-state index contributed by atoms with van der Waals surface area (Å²) in [5.74, 6) is 0.791. The van der Waals surface area contributed by atoms with Gasteiger partial charge in [-0.2, -0.15) is 0 Å². The molecule has 1 aromatic rings. The fraction of sp³-hybridized carbons (Fsp3) is 0.647. The Balaban J connectivity index is 1.77. The van der Waals surface area contributed by atoms with Crippen molar-refractivity contribution < 1.29 is 9.84 Å². The molecule has 1 aromatic carbocycles. The molecule has 0 unspecified atom stereocenters. The fourth-order valence-corrected chi connectivity index (χ4v) is 3.24. The molecule has 3 nitrogen and oxygen atoms in total. The molecule has 0 saturated heterocycles. The Labute approximate surface area is 132 Å². The summed E-state index contributed by atoms with van der Waals surface area (Å²) in [6, 6.07) is 6.16. The minimum atomic E-state index is -0.466. The highest BCUT2D eigenvalue weighted by atomic mass is 35.5. The standard InChI is InChI=1S/C17H26ClNO2/c1-13-10-14(18)8-9-17(13)21-12-16(20)11-19(2)15-6-4-3-5-7-15/h8-10,15-16,20H,3-7,11-12H2,1-2H3/t16-/m0/s1. The van der Waals surface area contributed by atoms with Crippen LogP contribution in [0.2, 0.25) is 5.02 Å². The normalized spacial score (nSPS) is 18.0. The highest BCUT2D eigenvalue weighted by Crippen LogP contribution is 2.23. The molecule has 0 radical (unpaired) electrons. The van der Waals surface area contributed by atoms with E-state index in [0.717, 1.165) is 11.3 Å². The van der Waals surface area contributed by atoms with Crippen LogP contribution in [-0.4, -0.2) is 42.4 Å². The number of halogens is 1. The van der Waals surface area contributed by atoms with Gasteiger partial charge in [-0.15, -0.1) is 0 Å². The number of hydrogen-bond donors (Lipinski definition) is 1. The Bertz CT molecular complexity index is 446. The van der Waals surface area contributed by atoms with Gasteiger partial charge in [0, 0.05) is 17.6 Å². The van der Waals surface area contributed by atoms with Crippen molar-refractivity contribution in [3.63, 3.8) is 0 Å². The number of likely N-dealkylation sites (N-methyl/N-ethyl adjacent to an activating group) is 1. The smallest absolute Gasteiger partial charge is 0.122 e. The Morgan fingerprint density at radius 1 is 1.33 bits per heavy atom. The van der Waals surface area contributed by atoms with E-state index in [9.17, 15) is 5.11 Å². The predicted octanol–water partition coefficient (Wildman–Crippen LogP) is 3.65. The lowest BCUT2D eigenvalue weighted by molar-refractivity contribution is 0.0560. The molecule has 2 rings (SSSR count). The van der Waals surface area contributed by atoms with Crippen molar-refractivity contribution in [1.82, 2.24) is 4.90 Å². The van der Waals surface area contributed by atoms with Gasteiger partial charge in [0.25, 0.3) is 0 Å². The Hall–Kier alpha value is -0.770. The van der Waals surface area contributed by atoms with E-state index in [1.165, 1.54) is 32.1 Å². The lowest BCUT2D eigenvalue weighted by Gasteiger charge is -2.32. The van der Waals surface area contributed by atoms with Gasteiger partial charge in [-0.3, -0.25) is 0 Å². The van der Waals surface area contributed by atoms with Gasteiger partial charge < -0.3 is 14.7 Å². The predicted molar refractivity (Wildman–Crippen MR) is 87.2 cm³/mol. The van der Waals surface area contributed by atoms with Crippen LogP contribution in [0.15, 0.2) is 18.2 Å². The number of hydrogen-bond acceptors (Lipinski definition) is 3. The van der Waals surface area contributed by atoms with Crippen LogP contribution >= 0.6 is 11.6 Å². The van der Waals surface area contributed by atoms with Crippen LogP contribution in [-0.2, 0) is 0 Å². The van der Waals surface area contributed by atoms with Gasteiger partial charge in [0.15, 0.2) is 0 Å². The molecule has 0 bridgehead atoms. The van der Waals surface area contributed by atoms with Crippen molar-refractivity contribution in [3.05, 3.63) is 28.8 Å². The number of ether oxygens (including phenoxy) is 1. The number of aliphatic hydroxyl groups is 1. The number of aryl methyl sites for hydroxylation is 1. The summed E-state index contributed by atoms with van der Waals surface area (Å²) in [4.78, 5) is 2.28. The second-order valence-corrected chi connectivity index (χ2v) is 6.54. The zero-order valence-electron chi connectivity index (χ0n) is 13.0. The van der Waals surface area contributed by atoms with Gasteiger partial charge in [0.05, 0.1) is 0 Å². The minimum Gasteiger partial charge on any atom is -0.491 e. The molecule has 118 valence electrons. The van der Waals surface area contributed by atoms with Gasteiger partial charge >= 0.3 is 0 Å². The van der Waals surface area contributed by atoms with Gasteiger partial charge in [0.2, 0.25) is 0 Å². The molecule has 1 atom stereocenters. The average molecular weight is 312 g/mol. The Morgan fingerprint density at radius 2 is 2.05 bits per heavy atom. The number of nitrogens with zero attached hydrogens (tertiary/aromatic N) is 1. The van der Waals surface area contributed by atoms with Gasteiger partial charge in [-0.1, -0.05) is 30.9 Å². The maximum atomic E-state index is 10.2. The Morgan fingerprint density at radius 3 is 2.71 bits per heavy atom. The molecule has 1 aliphatic rings. The average Bonchev–Trinajstić information content (AvgIpc) is 2.47. The van der Waals surface area contributed by atoms with Crippen LogP contribution in [0.5, 0.6) is 5.75 Å². The van der Waals surface area contributed by atoms with Gasteiger partial charge in [-0.25, -0.2) is 0 Å². The van der Waals surface area contributed by atoms with Crippen molar-refractivity contribution in [2.45, 2.75) is 51.2 Å². The van der Waals surface area contributed by atoms with Crippen molar-refractivity contribution in [1.29, 1.82) is 0 Å². The Kier molecular flexibility index (Phi) is 6.34. The van der Waals surface area contributed by atoms with E-state index in [2.05, 4.69) is 11.9 Å². The largest absolute Gasteiger partial charge is 0.491 e. The summed E-state index contributed by atoms with van der Waals surface area (Å²) in [6.45, 7) is 2.94. The van der Waals surface area contributed by atoms with E-state index in [1.54, 1.807) is 0 Å². The van der Waals surface area contributed by atoms with Crippen LogP contribution in [0, 0.1) is 6.92 Å². The summed E-state index contributed by atoms with van der Waals surface area (Å²) in [5.41, 5.74) is 0.996. The summed E-state index contributed by atoms with van der Waals surface area (Å²) in [7, 11) is 2.10. The van der Waals surface area contributed by atoms with Crippen LogP contribution < -0.4 is 4.74 Å². The first-order valence-electron chi connectivity index (χ1n) is 7.83. The first-order chi connectivity index (χ1) is 10.1. The van der Waals surface area contributed by atoms with Crippen molar-refractivity contribution in [3.8, 4) is 5.75 Å². The minimum absolute atomic E-state index is 0.319. The highest BCUT2D eigenvalue weighted by Gasteiger charge is 2.20. The van der Waals surface area contributed by atoms with Crippen LogP contribution in [0.3, 0.4) is 0 Å². The maximum absolute atomic E-state index is 10.2. The molecule has 1 N–H and O–H groups in total. The fourth-order valence-electron chi connectivity index (χ4n) is 3.02. The number of benzene rings is 1. The lowest BCUT2D eigenvalue weighted by atomic mass is 9.94. The molecule has 0 heterocycles. The molecule has 4 heteroatoms. The third-order valence-corrected chi connectivity index (χ3v) is 4.50.